The van der Waals surface area contributed by atoms with E-state index in [1.807, 2.05) is 0 Å². The van der Waals surface area contributed by atoms with Crippen LogP contribution in [0.3, 0.4) is 0 Å². The van der Waals surface area contributed by atoms with E-state index < -0.39 is 5.97 Å². The second kappa shape index (κ2) is 6.94. The average Bonchev–Trinajstić information content (AvgIpc) is 2.47. The summed E-state index contributed by atoms with van der Waals surface area (Å²) in [6.07, 6.45) is 1.73. The molecule has 116 valence electrons. The molecule has 1 unspecified atom stereocenters. The van der Waals surface area contributed by atoms with E-state index >= 15 is 0 Å². The molecule has 1 atom stereocenters. The zero-order chi connectivity index (χ0) is 15.4. The number of aliphatic carboxylic acids is 1. The molecule has 2 rings (SSSR count). The largest absolute Gasteiger partial charge is 0.496 e. The summed E-state index contributed by atoms with van der Waals surface area (Å²) in [6.45, 7) is 6.67. The summed E-state index contributed by atoms with van der Waals surface area (Å²) in [6, 6.07) is 6.35. The van der Waals surface area contributed by atoms with Gasteiger partial charge in [0.1, 0.15) is 5.75 Å². The van der Waals surface area contributed by atoms with Crippen LogP contribution < -0.4 is 4.74 Å². The first kappa shape index (κ1) is 15.8. The molecule has 1 saturated heterocycles. The second-order valence-corrected chi connectivity index (χ2v) is 6.14. The number of ether oxygens (including phenoxy) is 1. The van der Waals surface area contributed by atoms with Crippen LogP contribution in [0.25, 0.3) is 0 Å². The number of rotatable bonds is 5. The van der Waals surface area contributed by atoms with Crippen LogP contribution in [-0.4, -0.2) is 36.2 Å². The molecule has 1 fully saturated rings. The van der Waals surface area contributed by atoms with Crippen LogP contribution >= 0.6 is 0 Å². The van der Waals surface area contributed by atoms with Gasteiger partial charge in [0.05, 0.1) is 13.0 Å². The Morgan fingerprint density at radius 1 is 1.48 bits per heavy atom. The van der Waals surface area contributed by atoms with Gasteiger partial charge in [-0.3, -0.25) is 9.69 Å². The quantitative estimate of drug-likeness (QED) is 0.905. The monoisotopic (exact) mass is 291 g/mol. The lowest BCUT2D eigenvalue weighted by molar-refractivity contribution is -0.143. The maximum atomic E-state index is 11.1. The van der Waals surface area contributed by atoms with Crippen molar-refractivity contribution in [1.29, 1.82) is 0 Å². The number of methoxy groups -OCH3 is 1. The Labute approximate surface area is 126 Å². The van der Waals surface area contributed by atoms with Crippen molar-refractivity contribution in [1.82, 2.24) is 4.90 Å². The maximum Gasteiger partial charge on any atom is 0.307 e. The molecule has 0 bridgehead atoms. The molecule has 21 heavy (non-hydrogen) atoms. The number of nitrogens with zero attached hydrogens (tertiary/aromatic N) is 1. The van der Waals surface area contributed by atoms with Crippen LogP contribution in [0.1, 0.15) is 43.7 Å². The number of hydrogen-bond donors (Lipinski definition) is 1. The van der Waals surface area contributed by atoms with E-state index in [0.29, 0.717) is 12.5 Å². The molecule has 1 aliphatic heterocycles. The third kappa shape index (κ3) is 3.97. The minimum atomic E-state index is -0.679. The third-order valence-electron chi connectivity index (χ3n) is 4.23. The van der Waals surface area contributed by atoms with Gasteiger partial charge in [-0.15, -0.1) is 0 Å². The Balaban J connectivity index is 2.10. The highest BCUT2D eigenvalue weighted by atomic mass is 16.5. The number of benzene rings is 1. The summed E-state index contributed by atoms with van der Waals surface area (Å²) < 4.78 is 5.51. The molecular formula is C17H25NO3. The van der Waals surface area contributed by atoms with E-state index in [2.05, 4.69) is 36.9 Å². The number of likely N-dealkylation sites (tertiary alicyclic amines) is 1. The maximum absolute atomic E-state index is 11.1. The fourth-order valence-electron chi connectivity index (χ4n) is 2.89. The Kier molecular flexibility index (Phi) is 5.23. The molecule has 0 aromatic heterocycles. The van der Waals surface area contributed by atoms with Gasteiger partial charge < -0.3 is 9.84 Å². The topological polar surface area (TPSA) is 49.8 Å². The van der Waals surface area contributed by atoms with E-state index in [9.17, 15) is 4.79 Å². The second-order valence-electron chi connectivity index (χ2n) is 6.14. The number of carboxylic acid groups (broad SMARTS) is 1. The lowest BCUT2D eigenvalue weighted by Crippen LogP contribution is -2.38. The van der Waals surface area contributed by atoms with Gasteiger partial charge >= 0.3 is 5.97 Å². The summed E-state index contributed by atoms with van der Waals surface area (Å²) in [5.74, 6) is 0.458. The first-order chi connectivity index (χ1) is 10.0. The van der Waals surface area contributed by atoms with E-state index in [1.54, 1.807) is 7.11 Å². The molecule has 1 heterocycles. The van der Waals surface area contributed by atoms with Crippen molar-refractivity contribution in [3.8, 4) is 5.75 Å². The summed E-state index contributed by atoms with van der Waals surface area (Å²) in [5.41, 5.74) is 2.39. The molecule has 0 spiro atoms. The lowest BCUT2D eigenvalue weighted by atomic mass is 9.97. The van der Waals surface area contributed by atoms with Gasteiger partial charge in [-0.05, 0) is 36.9 Å². The van der Waals surface area contributed by atoms with Crippen LogP contribution in [0.4, 0.5) is 0 Å². The normalized spacial score (nSPS) is 19.7. The summed E-state index contributed by atoms with van der Waals surface area (Å²) in [7, 11) is 1.69. The SMILES string of the molecule is COc1cc(C(C)C)ccc1CN1CCCC(C(=O)O)C1. The Bertz CT molecular complexity index is 499. The Morgan fingerprint density at radius 2 is 2.24 bits per heavy atom. The molecule has 1 aromatic carbocycles. The molecule has 0 radical (unpaired) electrons. The molecular weight excluding hydrogens is 266 g/mol. The minimum Gasteiger partial charge on any atom is -0.496 e. The number of piperidine rings is 1. The third-order valence-corrected chi connectivity index (χ3v) is 4.23. The van der Waals surface area contributed by atoms with Gasteiger partial charge in [0.25, 0.3) is 0 Å². The zero-order valence-electron chi connectivity index (χ0n) is 13.1. The molecule has 0 aliphatic carbocycles. The molecule has 4 heteroatoms. The standard InChI is InChI=1S/C17H25NO3/c1-12(2)13-6-7-14(16(9-13)21-3)10-18-8-4-5-15(11-18)17(19)20/h6-7,9,12,15H,4-5,8,10-11H2,1-3H3,(H,19,20). The highest BCUT2D eigenvalue weighted by Gasteiger charge is 2.25. The molecule has 1 N–H and O–H groups in total. The summed E-state index contributed by atoms with van der Waals surface area (Å²) in [5, 5.41) is 9.17. The molecule has 0 saturated carbocycles. The minimum absolute atomic E-state index is 0.236. The van der Waals surface area contributed by atoms with Gasteiger partial charge in [-0.25, -0.2) is 0 Å². The van der Waals surface area contributed by atoms with Crippen molar-refractivity contribution in [3.05, 3.63) is 29.3 Å². The summed E-state index contributed by atoms with van der Waals surface area (Å²) >= 11 is 0. The van der Waals surface area contributed by atoms with Crippen molar-refractivity contribution in [2.45, 2.75) is 39.2 Å². The first-order valence-corrected chi connectivity index (χ1v) is 7.63. The van der Waals surface area contributed by atoms with Crippen LogP contribution in [0.2, 0.25) is 0 Å². The number of hydrogen-bond acceptors (Lipinski definition) is 3. The molecule has 1 aromatic rings. The van der Waals surface area contributed by atoms with Gasteiger partial charge in [0.15, 0.2) is 0 Å². The molecule has 4 nitrogen and oxygen atoms in total. The fraction of sp³-hybridized carbons (Fsp3) is 0.588. The van der Waals surface area contributed by atoms with Crippen molar-refractivity contribution >= 4 is 5.97 Å². The predicted molar refractivity (Wildman–Crippen MR) is 82.7 cm³/mol. The average molecular weight is 291 g/mol. The number of carboxylic acids is 1. The van der Waals surface area contributed by atoms with Crippen molar-refractivity contribution in [3.63, 3.8) is 0 Å². The van der Waals surface area contributed by atoms with E-state index in [1.165, 1.54) is 5.56 Å². The zero-order valence-corrected chi connectivity index (χ0v) is 13.1. The smallest absolute Gasteiger partial charge is 0.307 e. The van der Waals surface area contributed by atoms with Crippen molar-refractivity contribution in [2.75, 3.05) is 20.2 Å². The van der Waals surface area contributed by atoms with Crippen molar-refractivity contribution < 1.29 is 14.6 Å². The van der Waals surface area contributed by atoms with E-state index in [0.717, 1.165) is 37.2 Å². The highest BCUT2D eigenvalue weighted by molar-refractivity contribution is 5.70. The van der Waals surface area contributed by atoms with Crippen LogP contribution in [0.5, 0.6) is 5.75 Å². The molecule has 0 amide bonds. The van der Waals surface area contributed by atoms with Crippen LogP contribution in [0, 0.1) is 5.92 Å². The first-order valence-electron chi connectivity index (χ1n) is 7.63. The van der Waals surface area contributed by atoms with Gasteiger partial charge in [-0.2, -0.15) is 0 Å². The Morgan fingerprint density at radius 3 is 2.86 bits per heavy atom. The lowest BCUT2D eigenvalue weighted by Gasteiger charge is -2.31. The Hall–Kier alpha value is -1.55. The van der Waals surface area contributed by atoms with E-state index in [4.69, 9.17) is 9.84 Å². The highest BCUT2D eigenvalue weighted by Crippen LogP contribution is 2.27. The predicted octanol–water partition coefficient (Wildman–Crippen LogP) is 3.12. The van der Waals surface area contributed by atoms with Gasteiger partial charge in [0.2, 0.25) is 0 Å². The fourth-order valence-corrected chi connectivity index (χ4v) is 2.89. The molecule has 1 aliphatic rings. The van der Waals surface area contributed by atoms with Gasteiger partial charge in [0, 0.05) is 18.7 Å². The summed E-state index contributed by atoms with van der Waals surface area (Å²) in [4.78, 5) is 13.4. The van der Waals surface area contributed by atoms with Crippen LogP contribution in [-0.2, 0) is 11.3 Å². The van der Waals surface area contributed by atoms with Crippen molar-refractivity contribution in [2.24, 2.45) is 5.92 Å². The van der Waals surface area contributed by atoms with Crippen LogP contribution in [0.15, 0.2) is 18.2 Å². The van der Waals surface area contributed by atoms with Gasteiger partial charge in [-0.1, -0.05) is 26.0 Å². The van der Waals surface area contributed by atoms with E-state index in [-0.39, 0.29) is 5.92 Å². The number of carbonyl (C=O) groups is 1.